The van der Waals surface area contributed by atoms with E-state index in [-0.39, 0.29) is 17.0 Å². The lowest BCUT2D eigenvalue weighted by atomic mass is 10.2. The minimum absolute atomic E-state index is 0.0271. The van der Waals surface area contributed by atoms with Gasteiger partial charge in [-0.2, -0.15) is 0 Å². The Balaban J connectivity index is 2.11. The molecule has 20 heavy (non-hydrogen) atoms. The molecule has 0 aliphatic carbocycles. The zero-order valence-corrected chi connectivity index (χ0v) is 10.4. The van der Waals surface area contributed by atoms with E-state index in [0.29, 0.717) is 16.6 Å². The largest absolute Gasteiger partial charge is 0.507 e. The molecule has 0 radical (unpaired) electrons. The lowest BCUT2D eigenvalue weighted by Crippen LogP contribution is -2.12. The SMILES string of the molecule is O=c1[nH]c2ccccc2nc1C=C(O)c1ccncc1. The summed E-state index contributed by atoms with van der Waals surface area (Å²) in [6.07, 6.45) is 4.48. The van der Waals surface area contributed by atoms with Gasteiger partial charge < -0.3 is 10.1 Å². The van der Waals surface area contributed by atoms with Gasteiger partial charge in [-0.05, 0) is 24.3 Å². The first-order valence-corrected chi connectivity index (χ1v) is 6.04. The van der Waals surface area contributed by atoms with Gasteiger partial charge in [-0.1, -0.05) is 12.1 Å². The zero-order chi connectivity index (χ0) is 13.9. The smallest absolute Gasteiger partial charge is 0.274 e. The summed E-state index contributed by atoms with van der Waals surface area (Å²) in [4.78, 5) is 22.8. The van der Waals surface area contributed by atoms with Crippen LogP contribution in [0, 0.1) is 0 Å². The Labute approximate surface area is 114 Å². The number of hydrogen-bond acceptors (Lipinski definition) is 4. The molecule has 0 saturated carbocycles. The zero-order valence-electron chi connectivity index (χ0n) is 10.4. The number of nitrogens with zero attached hydrogens (tertiary/aromatic N) is 2. The van der Waals surface area contributed by atoms with Crippen LogP contribution in [0.2, 0.25) is 0 Å². The first-order chi connectivity index (χ1) is 9.74. The first kappa shape index (κ1) is 12.1. The Morgan fingerprint density at radius 2 is 1.90 bits per heavy atom. The minimum Gasteiger partial charge on any atom is -0.507 e. The van der Waals surface area contributed by atoms with Gasteiger partial charge in [-0.15, -0.1) is 0 Å². The first-order valence-electron chi connectivity index (χ1n) is 6.04. The average Bonchev–Trinajstić information content (AvgIpc) is 2.49. The number of aliphatic hydroxyl groups excluding tert-OH is 1. The predicted octanol–water partition coefficient (Wildman–Crippen LogP) is 2.37. The van der Waals surface area contributed by atoms with Crippen molar-refractivity contribution in [2.24, 2.45) is 0 Å². The van der Waals surface area contributed by atoms with Crippen molar-refractivity contribution in [2.45, 2.75) is 0 Å². The van der Waals surface area contributed by atoms with E-state index in [1.165, 1.54) is 6.08 Å². The van der Waals surface area contributed by atoms with E-state index >= 15 is 0 Å². The monoisotopic (exact) mass is 265 g/mol. The van der Waals surface area contributed by atoms with E-state index in [2.05, 4.69) is 15.0 Å². The molecule has 0 saturated heterocycles. The summed E-state index contributed by atoms with van der Waals surface area (Å²) in [6.45, 7) is 0. The van der Waals surface area contributed by atoms with Gasteiger partial charge in [0.2, 0.25) is 0 Å². The van der Waals surface area contributed by atoms with Gasteiger partial charge >= 0.3 is 0 Å². The van der Waals surface area contributed by atoms with Crippen molar-refractivity contribution in [2.75, 3.05) is 0 Å². The van der Waals surface area contributed by atoms with Crippen LogP contribution in [0.25, 0.3) is 22.9 Å². The van der Waals surface area contributed by atoms with E-state index in [4.69, 9.17) is 0 Å². The van der Waals surface area contributed by atoms with Crippen LogP contribution in [-0.2, 0) is 0 Å². The summed E-state index contributed by atoms with van der Waals surface area (Å²) >= 11 is 0. The Hall–Kier alpha value is -2.95. The van der Waals surface area contributed by atoms with Gasteiger partial charge in [0.1, 0.15) is 11.5 Å². The van der Waals surface area contributed by atoms with E-state index in [0.717, 1.165) is 0 Å². The van der Waals surface area contributed by atoms with Crippen molar-refractivity contribution in [1.82, 2.24) is 15.0 Å². The highest BCUT2D eigenvalue weighted by Gasteiger charge is 2.05. The van der Waals surface area contributed by atoms with Crippen LogP contribution in [0.1, 0.15) is 11.3 Å². The van der Waals surface area contributed by atoms with Gasteiger partial charge in [0.15, 0.2) is 0 Å². The van der Waals surface area contributed by atoms with E-state index in [9.17, 15) is 9.90 Å². The van der Waals surface area contributed by atoms with Crippen LogP contribution in [0.5, 0.6) is 0 Å². The summed E-state index contributed by atoms with van der Waals surface area (Å²) in [7, 11) is 0. The highest BCUT2D eigenvalue weighted by atomic mass is 16.3. The van der Waals surface area contributed by atoms with Crippen molar-refractivity contribution in [3.05, 3.63) is 70.4 Å². The fourth-order valence-electron chi connectivity index (χ4n) is 1.88. The third-order valence-electron chi connectivity index (χ3n) is 2.88. The number of nitrogens with one attached hydrogen (secondary N) is 1. The minimum atomic E-state index is -0.343. The molecule has 0 fully saturated rings. The normalized spacial score (nSPS) is 11.7. The topological polar surface area (TPSA) is 78.9 Å². The molecule has 2 aromatic heterocycles. The molecular weight excluding hydrogens is 254 g/mol. The van der Waals surface area contributed by atoms with Crippen LogP contribution in [-0.4, -0.2) is 20.1 Å². The number of aromatic amines is 1. The number of aromatic nitrogens is 3. The predicted molar refractivity (Wildman–Crippen MR) is 77.1 cm³/mol. The van der Waals surface area contributed by atoms with Crippen LogP contribution < -0.4 is 5.56 Å². The van der Waals surface area contributed by atoms with Crippen LogP contribution >= 0.6 is 0 Å². The maximum absolute atomic E-state index is 11.9. The molecule has 98 valence electrons. The number of rotatable bonds is 2. The Morgan fingerprint density at radius 1 is 1.15 bits per heavy atom. The van der Waals surface area contributed by atoms with Crippen molar-refractivity contribution in [3.8, 4) is 0 Å². The number of aliphatic hydroxyl groups is 1. The highest BCUT2D eigenvalue weighted by molar-refractivity contribution is 5.78. The fourth-order valence-corrected chi connectivity index (χ4v) is 1.88. The van der Waals surface area contributed by atoms with E-state index in [1.54, 1.807) is 36.7 Å². The highest BCUT2D eigenvalue weighted by Crippen LogP contribution is 2.13. The molecule has 0 amide bonds. The Morgan fingerprint density at radius 3 is 2.70 bits per heavy atom. The second-order valence-corrected chi connectivity index (χ2v) is 4.23. The molecule has 0 aliphatic heterocycles. The van der Waals surface area contributed by atoms with Gasteiger partial charge in [-0.25, -0.2) is 4.98 Å². The van der Waals surface area contributed by atoms with Crippen molar-refractivity contribution >= 4 is 22.9 Å². The molecule has 5 nitrogen and oxygen atoms in total. The summed E-state index contributed by atoms with van der Waals surface area (Å²) < 4.78 is 0. The third-order valence-corrected chi connectivity index (χ3v) is 2.88. The van der Waals surface area contributed by atoms with Crippen LogP contribution in [0.3, 0.4) is 0 Å². The number of pyridine rings is 1. The molecule has 0 atom stereocenters. The lowest BCUT2D eigenvalue weighted by Gasteiger charge is -2.01. The molecule has 1 aromatic carbocycles. The van der Waals surface area contributed by atoms with Crippen molar-refractivity contribution in [3.63, 3.8) is 0 Å². The van der Waals surface area contributed by atoms with Crippen LogP contribution in [0.15, 0.2) is 53.6 Å². The quantitative estimate of drug-likeness (QED) is 0.697. The molecule has 3 aromatic rings. The molecule has 0 aliphatic rings. The second kappa shape index (κ2) is 4.97. The summed E-state index contributed by atoms with van der Waals surface area (Å²) in [5, 5.41) is 10.0. The molecular formula is C15H11N3O2. The third kappa shape index (κ3) is 2.29. The molecule has 2 N–H and O–H groups in total. The summed E-state index contributed by atoms with van der Waals surface area (Å²) in [5.74, 6) is -0.0271. The Kier molecular flexibility index (Phi) is 3.01. The van der Waals surface area contributed by atoms with E-state index in [1.807, 2.05) is 12.1 Å². The van der Waals surface area contributed by atoms with Gasteiger partial charge in [0.05, 0.1) is 11.0 Å². The van der Waals surface area contributed by atoms with E-state index < -0.39 is 0 Å². The maximum Gasteiger partial charge on any atom is 0.274 e. The van der Waals surface area contributed by atoms with Gasteiger partial charge in [-0.3, -0.25) is 9.78 Å². The molecule has 0 bridgehead atoms. The maximum atomic E-state index is 11.9. The lowest BCUT2D eigenvalue weighted by molar-refractivity contribution is 0.515. The van der Waals surface area contributed by atoms with Crippen molar-refractivity contribution < 1.29 is 5.11 Å². The van der Waals surface area contributed by atoms with Gasteiger partial charge in [0.25, 0.3) is 5.56 Å². The average molecular weight is 265 g/mol. The number of para-hydroxylation sites is 2. The molecule has 0 spiro atoms. The molecule has 0 unspecified atom stereocenters. The number of benzene rings is 1. The molecule has 5 heteroatoms. The molecule has 2 heterocycles. The number of hydrogen-bond donors (Lipinski definition) is 2. The van der Waals surface area contributed by atoms with Crippen molar-refractivity contribution in [1.29, 1.82) is 0 Å². The van der Waals surface area contributed by atoms with Gasteiger partial charge in [0, 0.05) is 24.0 Å². The fraction of sp³-hybridized carbons (Fsp3) is 0. The standard InChI is InChI=1S/C15H11N3O2/c19-14(10-5-7-16-8-6-10)9-13-15(20)18-12-4-2-1-3-11(12)17-13/h1-9,19H,(H,18,20). The summed E-state index contributed by atoms with van der Waals surface area (Å²) in [5.41, 5.74) is 1.73. The number of fused-ring (bicyclic) bond motifs is 1. The molecule has 3 rings (SSSR count). The Bertz CT molecular complexity index is 838. The second-order valence-electron chi connectivity index (χ2n) is 4.23. The number of H-pyrrole nitrogens is 1. The summed E-state index contributed by atoms with van der Waals surface area (Å²) in [6, 6.07) is 10.5. The van der Waals surface area contributed by atoms with Crippen LogP contribution in [0.4, 0.5) is 0 Å².